The maximum atomic E-state index is 13.5. The van der Waals surface area contributed by atoms with Crippen molar-refractivity contribution in [2.24, 2.45) is 4.99 Å². The molecular formula is C25H20ClIN2O3. The summed E-state index contributed by atoms with van der Waals surface area (Å²) in [5.41, 5.74) is 5.24. The van der Waals surface area contributed by atoms with Crippen LogP contribution in [-0.4, -0.2) is 25.3 Å². The van der Waals surface area contributed by atoms with E-state index in [4.69, 9.17) is 21.1 Å². The number of amides is 1. The minimum absolute atomic E-state index is 0.0818. The van der Waals surface area contributed by atoms with Crippen molar-refractivity contribution in [3.63, 3.8) is 0 Å². The van der Waals surface area contributed by atoms with Crippen LogP contribution in [0.4, 0.5) is 11.4 Å². The first-order valence-electron chi connectivity index (χ1n) is 10.2. The highest BCUT2D eigenvalue weighted by atomic mass is 127. The number of halogens is 2. The number of methoxy groups -OCH3 is 1. The van der Waals surface area contributed by atoms with E-state index in [2.05, 4.69) is 39.7 Å². The first kappa shape index (κ1) is 21.3. The van der Waals surface area contributed by atoms with Crippen LogP contribution in [0.1, 0.15) is 27.0 Å². The van der Waals surface area contributed by atoms with Gasteiger partial charge in [-0.05, 0) is 63.5 Å². The Morgan fingerprint density at radius 2 is 1.94 bits per heavy atom. The Kier molecular flexibility index (Phi) is 5.82. The quantitative estimate of drug-likeness (QED) is 0.289. The van der Waals surface area contributed by atoms with Gasteiger partial charge in [0.05, 0.1) is 24.4 Å². The van der Waals surface area contributed by atoms with Crippen LogP contribution >= 0.6 is 34.2 Å². The molecule has 162 valence electrons. The monoisotopic (exact) mass is 558 g/mol. The summed E-state index contributed by atoms with van der Waals surface area (Å²) in [4.78, 5) is 20.0. The molecule has 5 nitrogen and oxygen atoms in total. The van der Waals surface area contributed by atoms with Crippen molar-refractivity contribution < 1.29 is 14.3 Å². The van der Waals surface area contributed by atoms with E-state index in [1.54, 1.807) is 19.2 Å². The highest BCUT2D eigenvalue weighted by Gasteiger charge is 2.36. The summed E-state index contributed by atoms with van der Waals surface area (Å²) in [5, 5.41) is 0. The lowest BCUT2D eigenvalue weighted by Crippen LogP contribution is -2.37. The summed E-state index contributed by atoms with van der Waals surface area (Å²) in [6.45, 7) is 0.357. The molecule has 0 saturated carbocycles. The normalized spacial score (nSPS) is 16.3. The number of alkyl halides is 1. The molecule has 0 saturated heterocycles. The van der Waals surface area contributed by atoms with Gasteiger partial charge < -0.3 is 9.47 Å². The first-order valence-corrected chi connectivity index (χ1v) is 11.8. The van der Waals surface area contributed by atoms with Crippen LogP contribution in [0.3, 0.4) is 0 Å². The molecule has 0 aliphatic carbocycles. The van der Waals surface area contributed by atoms with Gasteiger partial charge in [-0.1, -0.05) is 24.3 Å². The number of benzene rings is 3. The second-order valence-corrected chi connectivity index (χ2v) is 9.28. The molecule has 3 aromatic carbocycles. The number of aliphatic imine (C=N–C) groups is 1. The van der Waals surface area contributed by atoms with Crippen LogP contribution in [0, 0.1) is 3.57 Å². The molecule has 0 spiro atoms. The maximum Gasteiger partial charge on any atom is 0.261 e. The number of fused-ring (bicyclic) bond motifs is 4. The minimum Gasteiger partial charge on any atom is -0.493 e. The molecule has 2 aliphatic rings. The van der Waals surface area contributed by atoms with E-state index in [1.165, 1.54) is 0 Å². The Labute approximate surface area is 205 Å². The zero-order chi connectivity index (χ0) is 22.2. The van der Waals surface area contributed by atoms with Gasteiger partial charge in [-0.25, -0.2) is 0 Å². The fourth-order valence-corrected chi connectivity index (χ4v) is 5.18. The van der Waals surface area contributed by atoms with Gasteiger partial charge in [0.1, 0.15) is 6.61 Å². The van der Waals surface area contributed by atoms with Crippen LogP contribution in [-0.2, 0) is 18.9 Å². The van der Waals surface area contributed by atoms with Crippen LogP contribution in [0.25, 0.3) is 0 Å². The third-order valence-electron chi connectivity index (χ3n) is 5.69. The van der Waals surface area contributed by atoms with E-state index in [0.717, 1.165) is 32.4 Å². The standard InChI is InChI=1S/C25H20ClIN2O3/c1-31-23-10-20-21(11-24(23)32-14-16-6-15(12-26)7-18(27)8-16)28-13-19-9-17-4-2-3-5-22(17)29(19)25(20)30/h2-8,10-11,13,19H,9,12,14H2,1H3/t19-/m0/s1. The van der Waals surface area contributed by atoms with E-state index in [1.807, 2.05) is 41.4 Å². The first-order chi connectivity index (χ1) is 15.6. The molecule has 2 heterocycles. The fourth-order valence-electron chi connectivity index (χ4n) is 4.23. The molecule has 0 fully saturated rings. The van der Waals surface area contributed by atoms with Gasteiger partial charge in [-0.2, -0.15) is 0 Å². The molecule has 7 heteroatoms. The Morgan fingerprint density at radius 3 is 2.75 bits per heavy atom. The number of hydrogen-bond acceptors (Lipinski definition) is 4. The Morgan fingerprint density at radius 1 is 1.12 bits per heavy atom. The number of ether oxygens (including phenoxy) is 2. The lowest BCUT2D eigenvalue weighted by atomic mass is 10.1. The second-order valence-electron chi connectivity index (χ2n) is 7.76. The van der Waals surface area contributed by atoms with Gasteiger partial charge in [-0.15, -0.1) is 11.6 Å². The lowest BCUT2D eigenvalue weighted by molar-refractivity contribution is 0.0986. The van der Waals surface area contributed by atoms with Gasteiger partial charge >= 0.3 is 0 Å². The molecule has 0 radical (unpaired) electrons. The van der Waals surface area contributed by atoms with Gasteiger partial charge in [0, 0.05) is 33.8 Å². The molecule has 3 aromatic rings. The molecule has 1 atom stereocenters. The predicted molar refractivity (Wildman–Crippen MR) is 135 cm³/mol. The Bertz CT molecular complexity index is 1240. The summed E-state index contributed by atoms with van der Waals surface area (Å²) in [6.07, 6.45) is 2.61. The number of anilines is 1. The number of para-hydroxylation sites is 1. The highest BCUT2D eigenvalue weighted by molar-refractivity contribution is 14.1. The average Bonchev–Trinajstić information content (AvgIpc) is 3.12. The summed E-state index contributed by atoms with van der Waals surface area (Å²) in [7, 11) is 1.57. The molecule has 0 unspecified atom stereocenters. The highest BCUT2D eigenvalue weighted by Crippen LogP contribution is 2.41. The van der Waals surface area contributed by atoms with Gasteiger partial charge in [0.25, 0.3) is 5.91 Å². The molecule has 32 heavy (non-hydrogen) atoms. The fraction of sp³-hybridized carbons (Fsp3) is 0.200. The molecule has 0 bridgehead atoms. The maximum absolute atomic E-state index is 13.5. The number of carbonyl (C=O) groups excluding carboxylic acids is 1. The Hall–Kier alpha value is -2.58. The van der Waals surface area contributed by atoms with Gasteiger partial charge in [0.15, 0.2) is 11.5 Å². The lowest BCUT2D eigenvalue weighted by Gasteiger charge is -2.22. The number of hydrogen-bond donors (Lipinski definition) is 0. The second kappa shape index (κ2) is 8.75. The van der Waals surface area contributed by atoms with Gasteiger partial charge in [-0.3, -0.25) is 14.7 Å². The largest absolute Gasteiger partial charge is 0.493 e. The van der Waals surface area contributed by atoms with Crippen molar-refractivity contribution in [3.8, 4) is 11.5 Å². The molecule has 2 aliphatic heterocycles. The van der Waals surface area contributed by atoms with E-state index in [0.29, 0.717) is 35.2 Å². The SMILES string of the molecule is COc1cc2c(cc1OCc1cc(I)cc(CCl)c1)N=C[C@@H]1Cc3ccccc3N1C2=O. The molecular weight excluding hydrogens is 539 g/mol. The van der Waals surface area contributed by atoms with E-state index < -0.39 is 0 Å². The summed E-state index contributed by atoms with van der Waals surface area (Å²) in [6, 6.07) is 17.5. The van der Waals surface area contributed by atoms with Crippen molar-refractivity contribution >= 4 is 57.7 Å². The van der Waals surface area contributed by atoms with E-state index in [-0.39, 0.29) is 11.9 Å². The zero-order valence-corrected chi connectivity index (χ0v) is 20.3. The number of carbonyl (C=O) groups is 1. The third kappa shape index (κ3) is 3.86. The smallest absolute Gasteiger partial charge is 0.261 e. The average molecular weight is 559 g/mol. The summed E-state index contributed by atoms with van der Waals surface area (Å²) < 4.78 is 12.8. The topological polar surface area (TPSA) is 51.1 Å². The predicted octanol–water partition coefficient (Wildman–Crippen LogP) is 5.91. The van der Waals surface area contributed by atoms with Gasteiger partial charge in [0.2, 0.25) is 0 Å². The van der Waals surface area contributed by atoms with Crippen molar-refractivity contribution in [1.29, 1.82) is 0 Å². The molecule has 1 amide bonds. The van der Waals surface area contributed by atoms with Crippen LogP contribution in [0.2, 0.25) is 0 Å². The van der Waals surface area contributed by atoms with Crippen molar-refractivity contribution in [3.05, 3.63) is 80.4 Å². The molecule has 5 rings (SSSR count). The summed E-state index contributed by atoms with van der Waals surface area (Å²) in [5.74, 6) is 1.41. The zero-order valence-electron chi connectivity index (χ0n) is 17.3. The van der Waals surface area contributed by atoms with Crippen molar-refractivity contribution in [1.82, 2.24) is 0 Å². The van der Waals surface area contributed by atoms with Crippen LogP contribution < -0.4 is 14.4 Å². The molecule has 0 N–H and O–H groups in total. The van der Waals surface area contributed by atoms with E-state index >= 15 is 0 Å². The van der Waals surface area contributed by atoms with Crippen molar-refractivity contribution in [2.75, 3.05) is 12.0 Å². The number of nitrogens with zero attached hydrogens (tertiary/aromatic N) is 2. The van der Waals surface area contributed by atoms with Crippen LogP contribution in [0.15, 0.2) is 59.6 Å². The Balaban J connectivity index is 1.47. The summed E-state index contributed by atoms with van der Waals surface area (Å²) >= 11 is 8.27. The third-order valence-corrected chi connectivity index (χ3v) is 6.63. The van der Waals surface area contributed by atoms with Crippen LogP contribution in [0.5, 0.6) is 11.5 Å². The minimum atomic E-state index is -0.0944. The van der Waals surface area contributed by atoms with Crippen molar-refractivity contribution in [2.45, 2.75) is 24.9 Å². The van der Waals surface area contributed by atoms with E-state index in [9.17, 15) is 4.79 Å². The molecule has 0 aromatic heterocycles. The number of rotatable bonds is 5.